The largest absolute Gasteiger partial charge is 1.00 e. The van der Waals surface area contributed by atoms with Gasteiger partial charge in [0.15, 0.2) is 0 Å². The summed E-state index contributed by atoms with van der Waals surface area (Å²) in [6.07, 6.45) is 0.860. The van der Waals surface area contributed by atoms with Gasteiger partial charge in [0.1, 0.15) is 0 Å². The van der Waals surface area contributed by atoms with Crippen molar-refractivity contribution in [3.05, 3.63) is 0 Å². The van der Waals surface area contributed by atoms with Crippen LogP contribution in [0.5, 0.6) is 0 Å². The average molecular weight is 320 g/mol. The summed E-state index contributed by atoms with van der Waals surface area (Å²) in [5, 5.41) is 0. The van der Waals surface area contributed by atoms with Gasteiger partial charge >= 0.3 is 41.5 Å². The molecule has 114 valence electrons. The maximum absolute atomic E-state index is 11.8. The summed E-state index contributed by atoms with van der Waals surface area (Å²) >= 11 is 0. The summed E-state index contributed by atoms with van der Waals surface area (Å²) in [7, 11) is -2.73. The molecule has 0 fully saturated rings. The van der Waals surface area contributed by atoms with Gasteiger partial charge in [0.25, 0.3) is 10.1 Å². The number of esters is 2. The van der Waals surface area contributed by atoms with Crippen LogP contribution in [-0.4, -0.2) is 43.9 Å². The van der Waals surface area contributed by atoms with Gasteiger partial charge in [-0.1, -0.05) is 26.2 Å². The van der Waals surface area contributed by atoms with Crippen molar-refractivity contribution < 1.29 is 63.0 Å². The van der Waals surface area contributed by atoms with Crippen LogP contribution in [0.3, 0.4) is 0 Å². The molecule has 0 bridgehead atoms. The van der Waals surface area contributed by atoms with E-state index in [4.69, 9.17) is 0 Å². The summed E-state index contributed by atoms with van der Waals surface area (Å²) < 4.78 is 39.0. The molecule has 0 aromatic carbocycles. The zero-order chi connectivity index (χ0) is 15.1. The minimum absolute atomic E-state index is 0. The number of rotatable bonds is 8. The van der Waals surface area contributed by atoms with E-state index in [0.717, 1.165) is 20.6 Å². The molecule has 9 heteroatoms. The molecule has 0 aromatic rings. The molecular formula is C11H21NaO7S. The van der Waals surface area contributed by atoms with Crippen molar-refractivity contribution in [3.63, 3.8) is 0 Å². The van der Waals surface area contributed by atoms with E-state index in [1.54, 1.807) is 0 Å². The fourth-order valence-electron chi connectivity index (χ4n) is 1.74. The molecule has 0 heterocycles. The van der Waals surface area contributed by atoms with Gasteiger partial charge in [-0.3, -0.25) is 14.1 Å². The zero-order valence-corrected chi connectivity index (χ0v) is 15.2. The quantitative estimate of drug-likeness (QED) is 0.240. The topological polar surface area (TPSA) is 107 Å². The minimum atomic E-state index is -4.80. The van der Waals surface area contributed by atoms with Crippen molar-refractivity contribution >= 4 is 22.1 Å². The SMILES string of the molecule is CCCCCC(CC(=O)OC)(C(=O)OC)S(=O)(=O)O.[H-].[Na+]. The molecule has 0 aliphatic carbocycles. The smallest absolute Gasteiger partial charge is 1.00 e. The van der Waals surface area contributed by atoms with E-state index in [0.29, 0.717) is 12.8 Å². The van der Waals surface area contributed by atoms with Crippen molar-refractivity contribution in [2.24, 2.45) is 0 Å². The third-order valence-corrected chi connectivity index (χ3v) is 4.40. The van der Waals surface area contributed by atoms with Crippen molar-refractivity contribution in [2.45, 2.75) is 43.8 Å². The molecule has 20 heavy (non-hydrogen) atoms. The molecule has 1 atom stereocenters. The molecule has 0 aliphatic heterocycles. The Hall–Kier alpha value is -0.150. The molecule has 0 spiro atoms. The Bertz CT molecular complexity index is 426. The Balaban J connectivity index is -0.00000162. The van der Waals surface area contributed by atoms with Crippen LogP contribution in [0.25, 0.3) is 0 Å². The monoisotopic (exact) mass is 320 g/mol. The van der Waals surface area contributed by atoms with Gasteiger partial charge in [0, 0.05) is 0 Å². The fraction of sp³-hybridized carbons (Fsp3) is 0.818. The maximum Gasteiger partial charge on any atom is 1.00 e. The average Bonchev–Trinajstić information content (AvgIpc) is 2.35. The molecule has 0 saturated carbocycles. The Morgan fingerprint density at radius 2 is 1.75 bits per heavy atom. The van der Waals surface area contributed by atoms with E-state index < -0.39 is 33.2 Å². The number of methoxy groups -OCH3 is 2. The molecular weight excluding hydrogens is 299 g/mol. The Labute approximate surface area is 142 Å². The van der Waals surface area contributed by atoms with Crippen LogP contribution < -0.4 is 29.6 Å². The molecule has 0 radical (unpaired) electrons. The first kappa shape index (κ1) is 22.1. The van der Waals surface area contributed by atoms with Crippen LogP contribution in [0.4, 0.5) is 0 Å². The van der Waals surface area contributed by atoms with E-state index in [1.165, 1.54) is 0 Å². The van der Waals surface area contributed by atoms with Gasteiger partial charge < -0.3 is 10.9 Å². The van der Waals surface area contributed by atoms with Crippen molar-refractivity contribution in [2.75, 3.05) is 14.2 Å². The number of ether oxygens (including phenoxy) is 2. The molecule has 1 unspecified atom stereocenters. The molecule has 0 rings (SSSR count). The van der Waals surface area contributed by atoms with Gasteiger partial charge in [0.05, 0.1) is 20.6 Å². The van der Waals surface area contributed by atoms with E-state index in [9.17, 15) is 22.6 Å². The summed E-state index contributed by atoms with van der Waals surface area (Å²) in [6.45, 7) is 1.90. The van der Waals surface area contributed by atoms with Crippen molar-refractivity contribution in [1.29, 1.82) is 0 Å². The predicted octanol–water partition coefficient (Wildman–Crippen LogP) is -1.95. The number of carbonyl (C=O) groups excluding carboxylic acids is 2. The van der Waals surface area contributed by atoms with Crippen molar-refractivity contribution in [1.82, 2.24) is 0 Å². The Morgan fingerprint density at radius 3 is 2.10 bits per heavy atom. The van der Waals surface area contributed by atoms with Gasteiger partial charge in [0.2, 0.25) is 4.75 Å². The van der Waals surface area contributed by atoms with Gasteiger partial charge in [-0.15, -0.1) is 0 Å². The second-order valence-corrected chi connectivity index (χ2v) is 5.90. The molecule has 0 aliphatic rings. The molecule has 1 N–H and O–H groups in total. The summed E-state index contributed by atoms with van der Waals surface area (Å²) in [5.74, 6) is -2.06. The standard InChI is InChI=1S/C11H20O7S.Na.H/c1-4-5-6-7-11(10(13)18-3,19(14,15)16)8-9(12)17-2;;/h4-8H2,1-3H3,(H,14,15,16);;/q;+1;-1. The summed E-state index contributed by atoms with van der Waals surface area (Å²) in [6, 6.07) is 0. The van der Waals surface area contributed by atoms with Crippen LogP contribution in [0.15, 0.2) is 0 Å². The van der Waals surface area contributed by atoms with Crippen LogP contribution in [0, 0.1) is 0 Å². The van der Waals surface area contributed by atoms with E-state index in [2.05, 4.69) is 9.47 Å². The third kappa shape index (κ3) is 5.69. The van der Waals surface area contributed by atoms with Gasteiger partial charge in [-0.25, -0.2) is 0 Å². The maximum atomic E-state index is 11.8. The van der Waals surface area contributed by atoms with E-state index in [-0.39, 0.29) is 37.4 Å². The fourth-order valence-corrected chi connectivity index (χ4v) is 2.74. The molecule has 0 aromatic heterocycles. The molecule has 7 nitrogen and oxygen atoms in total. The number of carbonyl (C=O) groups is 2. The van der Waals surface area contributed by atoms with Crippen LogP contribution in [0.1, 0.15) is 40.5 Å². The van der Waals surface area contributed by atoms with Crippen LogP contribution in [0.2, 0.25) is 0 Å². The normalized spacial score (nSPS) is 13.8. The first-order chi connectivity index (χ1) is 8.75. The Kier molecular flexibility index (Phi) is 10.8. The van der Waals surface area contributed by atoms with Crippen LogP contribution in [-0.2, 0) is 29.2 Å². The van der Waals surface area contributed by atoms with Gasteiger partial charge in [-0.05, 0) is 6.42 Å². The number of hydrogen-bond donors (Lipinski definition) is 1. The first-order valence-electron chi connectivity index (χ1n) is 5.87. The summed E-state index contributed by atoms with van der Waals surface area (Å²) in [5.41, 5.74) is 0. The number of unbranched alkanes of at least 4 members (excludes halogenated alkanes) is 2. The minimum Gasteiger partial charge on any atom is -1.00 e. The van der Waals surface area contributed by atoms with Crippen LogP contribution >= 0.6 is 0 Å². The zero-order valence-electron chi connectivity index (χ0n) is 13.3. The molecule has 0 saturated heterocycles. The second-order valence-electron chi connectivity index (χ2n) is 4.17. The predicted molar refractivity (Wildman–Crippen MR) is 68.2 cm³/mol. The Morgan fingerprint density at radius 1 is 1.20 bits per heavy atom. The second kappa shape index (κ2) is 9.73. The number of hydrogen-bond acceptors (Lipinski definition) is 6. The molecule has 0 amide bonds. The van der Waals surface area contributed by atoms with Gasteiger partial charge in [-0.2, -0.15) is 8.42 Å². The third-order valence-electron chi connectivity index (χ3n) is 2.89. The van der Waals surface area contributed by atoms with E-state index in [1.807, 2.05) is 6.92 Å². The van der Waals surface area contributed by atoms with Crippen molar-refractivity contribution in [3.8, 4) is 0 Å². The van der Waals surface area contributed by atoms with E-state index >= 15 is 0 Å². The first-order valence-corrected chi connectivity index (χ1v) is 7.31. The summed E-state index contributed by atoms with van der Waals surface area (Å²) in [4.78, 5) is 23.1.